The largest absolute Gasteiger partial charge is 0.491 e. The molecule has 2 aromatic carbocycles. The number of fused-ring (bicyclic) bond motifs is 1. The van der Waals surface area contributed by atoms with E-state index in [1.807, 2.05) is 56.4 Å². The van der Waals surface area contributed by atoms with Gasteiger partial charge in [0.25, 0.3) is 0 Å². The van der Waals surface area contributed by atoms with Gasteiger partial charge < -0.3 is 14.4 Å². The molecule has 3 heterocycles. The predicted octanol–water partition coefficient (Wildman–Crippen LogP) is 5.57. The van der Waals surface area contributed by atoms with E-state index in [1.165, 1.54) is 4.31 Å². The number of hydrogen-bond donors (Lipinski definition) is 1. The number of nitrogens with zero attached hydrogens (tertiary/aromatic N) is 3. The van der Waals surface area contributed by atoms with E-state index in [2.05, 4.69) is 4.98 Å². The Balaban J connectivity index is 0.00000353. The van der Waals surface area contributed by atoms with Crippen LogP contribution in [0.5, 0.6) is 5.75 Å². The highest BCUT2D eigenvalue weighted by Gasteiger charge is 2.31. The number of aromatic nitrogens is 2. The molecule has 4 aromatic rings. The van der Waals surface area contributed by atoms with Gasteiger partial charge in [-0.05, 0) is 80.6 Å². The van der Waals surface area contributed by atoms with Crippen molar-refractivity contribution in [2.75, 3.05) is 13.1 Å². The predicted molar refractivity (Wildman–Crippen MR) is 153 cm³/mol. The summed E-state index contributed by atoms with van der Waals surface area (Å²) in [6, 6.07) is 18.3. The maximum Gasteiger partial charge on any atom is 0.323 e. The number of carbonyl (C=O) groups is 1. The van der Waals surface area contributed by atoms with Crippen LogP contribution in [0, 0.1) is 0 Å². The van der Waals surface area contributed by atoms with Crippen molar-refractivity contribution in [1.29, 1.82) is 0 Å². The summed E-state index contributed by atoms with van der Waals surface area (Å²) in [5, 5.41) is 10.5. The number of benzene rings is 2. The third-order valence-corrected chi connectivity index (χ3v) is 8.82. The number of hydrogen-bond acceptors (Lipinski definition) is 5. The van der Waals surface area contributed by atoms with Crippen molar-refractivity contribution >= 4 is 39.3 Å². The quantitative estimate of drug-likeness (QED) is 0.298. The summed E-state index contributed by atoms with van der Waals surface area (Å²) in [6.07, 6.45) is 4.98. The fraction of sp³-hybridized carbons (Fsp3) is 0.310. The van der Waals surface area contributed by atoms with Crippen molar-refractivity contribution in [3.05, 3.63) is 78.6 Å². The zero-order valence-electron chi connectivity index (χ0n) is 21.9. The Morgan fingerprint density at radius 2 is 1.79 bits per heavy atom. The number of ether oxygens (including phenoxy) is 1. The van der Waals surface area contributed by atoms with Crippen LogP contribution in [0.4, 0.5) is 0 Å². The normalized spacial score (nSPS) is 14.8. The Bertz CT molecular complexity index is 1550. The minimum Gasteiger partial charge on any atom is -0.491 e. The van der Waals surface area contributed by atoms with Gasteiger partial charge in [0.2, 0.25) is 10.0 Å². The lowest BCUT2D eigenvalue weighted by molar-refractivity contribution is -0.137. The minimum atomic E-state index is -3.61. The molecule has 1 saturated heterocycles. The Hall–Kier alpha value is -3.40. The summed E-state index contributed by atoms with van der Waals surface area (Å²) in [7, 11) is -3.61. The number of pyridine rings is 1. The van der Waals surface area contributed by atoms with E-state index in [-0.39, 0.29) is 35.9 Å². The second-order valence-electron chi connectivity index (χ2n) is 9.87. The van der Waals surface area contributed by atoms with Crippen molar-refractivity contribution in [2.45, 2.75) is 50.2 Å². The molecule has 0 atom stereocenters. The Morgan fingerprint density at radius 1 is 1.08 bits per heavy atom. The van der Waals surface area contributed by atoms with Gasteiger partial charge in [-0.25, -0.2) is 8.42 Å². The van der Waals surface area contributed by atoms with Gasteiger partial charge in [-0.15, -0.1) is 12.4 Å². The lowest BCUT2D eigenvalue weighted by Gasteiger charge is -2.31. The fourth-order valence-corrected chi connectivity index (χ4v) is 6.60. The monoisotopic (exact) mass is 569 g/mol. The summed E-state index contributed by atoms with van der Waals surface area (Å²) in [5.41, 5.74) is 3.63. The van der Waals surface area contributed by atoms with E-state index in [4.69, 9.17) is 4.74 Å². The van der Waals surface area contributed by atoms with Crippen LogP contribution in [0.15, 0.2) is 78.0 Å². The number of sulfonamides is 1. The number of carboxylic acid groups (broad SMARTS) is 1. The van der Waals surface area contributed by atoms with E-state index in [0.29, 0.717) is 31.7 Å². The second-order valence-corrected chi connectivity index (χ2v) is 11.8. The number of carboxylic acids is 1. The van der Waals surface area contributed by atoms with Gasteiger partial charge in [0.1, 0.15) is 12.3 Å². The average Bonchev–Trinajstić information content (AvgIpc) is 3.26. The molecule has 10 heteroatoms. The molecule has 39 heavy (non-hydrogen) atoms. The Kier molecular flexibility index (Phi) is 8.64. The van der Waals surface area contributed by atoms with Crippen molar-refractivity contribution in [3.8, 4) is 17.0 Å². The Labute approximate surface area is 234 Å². The molecular formula is C29H32ClN3O5S. The first-order valence-electron chi connectivity index (χ1n) is 12.8. The molecule has 1 aliphatic heterocycles. The molecule has 2 aromatic heterocycles. The zero-order chi connectivity index (χ0) is 26.9. The van der Waals surface area contributed by atoms with E-state index in [1.54, 1.807) is 35.0 Å². The maximum atomic E-state index is 13.3. The zero-order valence-corrected chi connectivity index (χ0v) is 23.5. The third kappa shape index (κ3) is 6.11. The highest BCUT2D eigenvalue weighted by molar-refractivity contribution is 7.89. The molecule has 0 amide bonds. The van der Waals surface area contributed by atoms with E-state index >= 15 is 0 Å². The van der Waals surface area contributed by atoms with Crippen molar-refractivity contribution in [1.82, 2.24) is 13.9 Å². The van der Waals surface area contributed by atoms with Crippen molar-refractivity contribution in [2.24, 2.45) is 0 Å². The summed E-state index contributed by atoms with van der Waals surface area (Å²) in [5.74, 6) is -0.148. The van der Waals surface area contributed by atoms with Gasteiger partial charge in [-0.2, -0.15) is 4.31 Å². The molecule has 5 rings (SSSR count). The first kappa shape index (κ1) is 28.6. The minimum absolute atomic E-state index is 0. The maximum absolute atomic E-state index is 13.3. The van der Waals surface area contributed by atoms with Crippen LogP contribution < -0.4 is 4.74 Å². The van der Waals surface area contributed by atoms with Crippen LogP contribution in [-0.2, 0) is 21.4 Å². The van der Waals surface area contributed by atoms with Crippen molar-refractivity contribution in [3.63, 3.8) is 0 Å². The lowest BCUT2D eigenvalue weighted by Crippen LogP contribution is -2.37. The lowest BCUT2D eigenvalue weighted by atomic mass is 9.90. The molecule has 1 fully saturated rings. The van der Waals surface area contributed by atoms with Crippen LogP contribution in [0.2, 0.25) is 0 Å². The van der Waals surface area contributed by atoms with Crippen LogP contribution >= 0.6 is 12.4 Å². The number of halogens is 1. The van der Waals surface area contributed by atoms with Gasteiger partial charge in [-0.1, -0.05) is 18.2 Å². The molecular weight excluding hydrogens is 538 g/mol. The highest BCUT2D eigenvalue weighted by Crippen LogP contribution is 2.37. The van der Waals surface area contributed by atoms with Gasteiger partial charge in [0.15, 0.2) is 0 Å². The molecule has 0 saturated carbocycles. The fourth-order valence-electron chi connectivity index (χ4n) is 5.13. The topological polar surface area (TPSA) is 102 Å². The number of aliphatic carboxylic acids is 1. The van der Waals surface area contributed by atoms with Gasteiger partial charge >= 0.3 is 5.97 Å². The average molecular weight is 570 g/mol. The summed E-state index contributed by atoms with van der Waals surface area (Å²) in [6.45, 7) is 4.50. The molecule has 0 radical (unpaired) electrons. The SMILES string of the molecule is CC(C)Oc1ccc(S(=O)(=O)N2CCC(c3cn(CC(=O)O)c4cc(-c5ccccn5)ccc34)CC2)cc1.Cl. The Morgan fingerprint density at radius 3 is 2.41 bits per heavy atom. The van der Waals surface area contributed by atoms with Gasteiger partial charge in [0, 0.05) is 41.9 Å². The summed E-state index contributed by atoms with van der Waals surface area (Å²) < 4.78 is 35.5. The van der Waals surface area contributed by atoms with Crippen LogP contribution in [0.25, 0.3) is 22.2 Å². The molecule has 8 nitrogen and oxygen atoms in total. The third-order valence-electron chi connectivity index (χ3n) is 6.91. The van der Waals surface area contributed by atoms with Crippen LogP contribution in [-0.4, -0.2) is 52.5 Å². The first-order chi connectivity index (χ1) is 18.2. The van der Waals surface area contributed by atoms with E-state index in [0.717, 1.165) is 27.7 Å². The molecule has 1 aliphatic rings. The molecule has 0 aliphatic carbocycles. The highest BCUT2D eigenvalue weighted by atomic mass is 35.5. The molecule has 0 bridgehead atoms. The van der Waals surface area contributed by atoms with Crippen LogP contribution in [0.3, 0.4) is 0 Å². The van der Waals surface area contributed by atoms with E-state index < -0.39 is 16.0 Å². The standard InChI is InChI=1S/C29H31N3O5S.ClH/c1-20(2)37-23-7-9-24(10-8-23)38(35,36)32-15-12-21(13-16-32)26-18-31(19-29(33)34)28-17-22(6-11-25(26)28)27-5-3-4-14-30-27;/h3-11,14,17-18,20-21H,12-13,15-16,19H2,1-2H3,(H,33,34);1H. The molecule has 206 valence electrons. The van der Waals surface area contributed by atoms with Gasteiger partial charge in [-0.3, -0.25) is 9.78 Å². The van der Waals surface area contributed by atoms with Crippen LogP contribution in [0.1, 0.15) is 38.2 Å². The van der Waals surface area contributed by atoms with Crippen molar-refractivity contribution < 1.29 is 23.1 Å². The number of piperidine rings is 1. The summed E-state index contributed by atoms with van der Waals surface area (Å²) in [4.78, 5) is 16.3. The molecule has 0 unspecified atom stereocenters. The molecule has 1 N–H and O–H groups in total. The molecule has 0 spiro atoms. The second kappa shape index (κ2) is 11.8. The van der Waals surface area contributed by atoms with Gasteiger partial charge in [0.05, 0.1) is 16.7 Å². The van der Waals surface area contributed by atoms with E-state index in [9.17, 15) is 18.3 Å². The number of rotatable bonds is 8. The summed E-state index contributed by atoms with van der Waals surface area (Å²) >= 11 is 0. The first-order valence-corrected chi connectivity index (χ1v) is 14.2. The smallest absolute Gasteiger partial charge is 0.323 e.